The second kappa shape index (κ2) is 9.35. The normalized spacial score (nSPS) is 11.5. The van der Waals surface area contributed by atoms with Gasteiger partial charge in [0.2, 0.25) is 0 Å². The molecule has 0 aliphatic heterocycles. The van der Waals surface area contributed by atoms with Gasteiger partial charge in [0.1, 0.15) is 5.69 Å². The number of carbonyl (C=O) groups is 2. The van der Waals surface area contributed by atoms with Crippen LogP contribution in [0.25, 0.3) is 21.9 Å². The predicted molar refractivity (Wildman–Crippen MR) is 118 cm³/mol. The zero-order chi connectivity index (χ0) is 24.3. The molecule has 33 heavy (non-hydrogen) atoms. The van der Waals surface area contributed by atoms with Gasteiger partial charge in [-0.15, -0.1) is 0 Å². The van der Waals surface area contributed by atoms with Crippen molar-refractivity contribution in [3.8, 4) is 0 Å². The summed E-state index contributed by atoms with van der Waals surface area (Å²) in [5.41, 5.74) is 5.04. The van der Waals surface area contributed by atoms with Crippen LogP contribution >= 0.6 is 0 Å². The van der Waals surface area contributed by atoms with Gasteiger partial charge >= 0.3 is 12.1 Å². The molecule has 0 aliphatic rings. The van der Waals surface area contributed by atoms with Crippen molar-refractivity contribution >= 4 is 33.8 Å². The number of fused-ring (bicyclic) bond motifs is 3. The molecule has 0 radical (unpaired) electrons. The molecule has 3 heterocycles. The van der Waals surface area contributed by atoms with Crippen LogP contribution in [0.3, 0.4) is 0 Å². The number of nitrogens with one attached hydrogen (secondary N) is 1. The van der Waals surface area contributed by atoms with E-state index < -0.39 is 12.1 Å². The second-order valence-corrected chi connectivity index (χ2v) is 7.65. The molecule has 0 unspecified atom stereocenters. The van der Waals surface area contributed by atoms with Crippen LogP contribution in [0.5, 0.6) is 0 Å². The van der Waals surface area contributed by atoms with Crippen molar-refractivity contribution in [3.05, 3.63) is 66.1 Å². The minimum Gasteiger partial charge on any atom is -0.475 e. The summed E-state index contributed by atoms with van der Waals surface area (Å²) in [7, 11) is 1.96. The summed E-state index contributed by atoms with van der Waals surface area (Å²) in [6.07, 6.45) is -1.59. The predicted octanol–water partition coefficient (Wildman–Crippen LogP) is 4.67. The summed E-state index contributed by atoms with van der Waals surface area (Å²) in [5.74, 6) is -2.83. The molecule has 0 saturated carbocycles. The van der Waals surface area contributed by atoms with E-state index in [-0.39, 0.29) is 5.91 Å². The number of halogens is 3. The van der Waals surface area contributed by atoms with Gasteiger partial charge in [-0.05, 0) is 37.6 Å². The Kier molecular flexibility index (Phi) is 6.75. The van der Waals surface area contributed by atoms with E-state index in [9.17, 15) is 18.0 Å². The summed E-state index contributed by atoms with van der Waals surface area (Å²) < 4.78 is 36.0. The lowest BCUT2D eigenvalue weighted by atomic mass is 10.2. The van der Waals surface area contributed by atoms with Crippen molar-refractivity contribution < 1.29 is 27.9 Å². The Morgan fingerprint density at radius 1 is 1.12 bits per heavy atom. The highest BCUT2D eigenvalue weighted by Crippen LogP contribution is 2.33. The summed E-state index contributed by atoms with van der Waals surface area (Å²) in [6.45, 7) is 4.80. The van der Waals surface area contributed by atoms with Crippen LogP contribution < -0.4 is 5.32 Å². The van der Waals surface area contributed by atoms with Gasteiger partial charge in [0.05, 0.1) is 16.6 Å². The van der Waals surface area contributed by atoms with Crippen molar-refractivity contribution in [1.29, 1.82) is 0 Å². The van der Waals surface area contributed by atoms with E-state index in [1.807, 2.05) is 35.9 Å². The van der Waals surface area contributed by atoms with E-state index >= 15 is 0 Å². The maximum Gasteiger partial charge on any atom is 0.490 e. The number of carboxylic acids is 1. The van der Waals surface area contributed by atoms with Crippen molar-refractivity contribution in [3.63, 3.8) is 0 Å². The topological polar surface area (TPSA) is 89.2 Å². The molecule has 1 amide bonds. The number of aliphatic carboxylic acids is 1. The molecule has 3 aromatic heterocycles. The van der Waals surface area contributed by atoms with Crippen molar-refractivity contribution in [2.24, 2.45) is 7.05 Å². The number of aromatic nitrogens is 3. The van der Waals surface area contributed by atoms with Gasteiger partial charge in [0, 0.05) is 37.4 Å². The number of hydrogen-bond acceptors (Lipinski definition) is 3. The van der Waals surface area contributed by atoms with Gasteiger partial charge in [-0.25, -0.2) is 4.79 Å². The molecule has 1 aromatic carbocycles. The summed E-state index contributed by atoms with van der Waals surface area (Å²) >= 11 is 0. The third-order valence-electron chi connectivity index (χ3n) is 5.06. The molecule has 7 nitrogen and oxygen atoms in total. The van der Waals surface area contributed by atoms with E-state index in [2.05, 4.69) is 46.9 Å². The highest BCUT2D eigenvalue weighted by Gasteiger charge is 2.38. The van der Waals surface area contributed by atoms with Crippen LogP contribution in [0.15, 0.2) is 54.9 Å². The SMILES string of the molecule is CC(C)n1c2ccccc2c2c1cc(C(=O)NCc1cccnc1)n2C.O=C(O)C(F)(F)F. The third-order valence-corrected chi connectivity index (χ3v) is 5.06. The highest BCUT2D eigenvalue weighted by atomic mass is 19.4. The molecule has 10 heteroatoms. The van der Waals surface area contributed by atoms with Gasteiger partial charge in [-0.2, -0.15) is 13.2 Å². The first-order valence-electron chi connectivity index (χ1n) is 10.1. The second-order valence-electron chi connectivity index (χ2n) is 7.65. The van der Waals surface area contributed by atoms with Gasteiger partial charge in [-0.1, -0.05) is 24.3 Å². The van der Waals surface area contributed by atoms with Gasteiger partial charge in [0.25, 0.3) is 5.91 Å². The Labute approximate surface area is 187 Å². The molecule has 2 N–H and O–H groups in total. The van der Waals surface area contributed by atoms with Gasteiger partial charge in [-0.3, -0.25) is 9.78 Å². The highest BCUT2D eigenvalue weighted by molar-refractivity contribution is 6.10. The molecule has 0 spiro atoms. The van der Waals surface area contributed by atoms with Crippen LogP contribution in [-0.4, -0.2) is 37.3 Å². The fraction of sp³-hybridized carbons (Fsp3) is 0.261. The number of hydrogen-bond donors (Lipinski definition) is 2. The quantitative estimate of drug-likeness (QED) is 0.463. The number of nitrogens with zero attached hydrogens (tertiary/aromatic N) is 3. The number of carbonyl (C=O) groups excluding carboxylic acids is 1. The average Bonchev–Trinajstić information content (AvgIpc) is 3.27. The first kappa shape index (κ1) is 23.8. The Bertz CT molecular complexity index is 1290. The smallest absolute Gasteiger partial charge is 0.475 e. The summed E-state index contributed by atoms with van der Waals surface area (Å²) in [5, 5.41) is 11.3. The number of carboxylic acid groups (broad SMARTS) is 1. The van der Waals surface area contributed by atoms with E-state index in [4.69, 9.17) is 9.90 Å². The number of alkyl halides is 3. The number of para-hydroxylation sites is 1. The van der Waals surface area contributed by atoms with Crippen LogP contribution in [0.2, 0.25) is 0 Å². The largest absolute Gasteiger partial charge is 0.490 e. The Morgan fingerprint density at radius 3 is 2.36 bits per heavy atom. The van der Waals surface area contributed by atoms with E-state index in [1.165, 1.54) is 10.9 Å². The lowest BCUT2D eigenvalue weighted by Crippen LogP contribution is -2.24. The van der Waals surface area contributed by atoms with Crippen LogP contribution in [0.4, 0.5) is 13.2 Å². The monoisotopic (exact) mass is 460 g/mol. The third kappa shape index (κ3) is 5.00. The standard InChI is InChI=1S/C21H22N4O.C2HF3O2/c1-14(2)25-17-9-5-4-8-16(17)20-18(25)11-19(24(20)3)21(26)23-13-15-7-6-10-22-12-15;3-2(4,5)1(6)7/h4-12,14H,13H2,1-3H3,(H,23,26);(H,6,7). The number of pyridine rings is 1. The Hall–Kier alpha value is -3.82. The molecule has 174 valence electrons. The Morgan fingerprint density at radius 2 is 1.79 bits per heavy atom. The zero-order valence-electron chi connectivity index (χ0n) is 18.2. The summed E-state index contributed by atoms with van der Waals surface area (Å²) in [6, 6.07) is 14.5. The first-order chi connectivity index (χ1) is 15.5. The van der Waals surface area contributed by atoms with E-state index in [0.717, 1.165) is 16.6 Å². The molecule has 4 aromatic rings. The van der Waals surface area contributed by atoms with Crippen molar-refractivity contribution in [1.82, 2.24) is 19.4 Å². The van der Waals surface area contributed by atoms with E-state index in [0.29, 0.717) is 18.3 Å². The van der Waals surface area contributed by atoms with Crippen LogP contribution in [-0.2, 0) is 18.4 Å². The fourth-order valence-electron chi connectivity index (χ4n) is 3.65. The Balaban J connectivity index is 0.000000383. The fourth-order valence-corrected chi connectivity index (χ4v) is 3.65. The van der Waals surface area contributed by atoms with Gasteiger partial charge < -0.3 is 19.6 Å². The molecule has 4 rings (SSSR count). The summed E-state index contributed by atoms with van der Waals surface area (Å²) in [4.78, 5) is 25.7. The molecule has 0 fully saturated rings. The number of benzene rings is 1. The van der Waals surface area contributed by atoms with Crippen LogP contribution in [0.1, 0.15) is 35.9 Å². The lowest BCUT2D eigenvalue weighted by Gasteiger charge is -2.10. The molecule has 0 aliphatic carbocycles. The molecule has 0 atom stereocenters. The zero-order valence-corrected chi connectivity index (χ0v) is 18.2. The lowest BCUT2D eigenvalue weighted by molar-refractivity contribution is -0.192. The first-order valence-corrected chi connectivity index (χ1v) is 10.1. The van der Waals surface area contributed by atoms with E-state index in [1.54, 1.807) is 12.4 Å². The van der Waals surface area contributed by atoms with Crippen molar-refractivity contribution in [2.45, 2.75) is 32.6 Å². The van der Waals surface area contributed by atoms with Crippen molar-refractivity contribution in [2.75, 3.05) is 0 Å². The molecule has 0 saturated heterocycles. The number of rotatable bonds is 4. The molecule has 0 bridgehead atoms. The minimum atomic E-state index is -5.08. The molecular formula is C23H23F3N4O3. The molecular weight excluding hydrogens is 437 g/mol. The number of aryl methyl sites for hydroxylation is 1. The van der Waals surface area contributed by atoms with Crippen LogP contribution in [0, 0.1) is 0 Å². The average molecular weight is 460 g/mol. The number of amides is 1. The van der Waals surface area contributed by atoms with Gasteiger partial charge in [0.15, 0.2) is 0 Å². The maximum atomic E-state index is 12.8. The minimum absolute atomic E-state index is 0.0769. The maximum absolute atomic E-state index is 12.8.